The van der Waals surface area contributed by atoms with E-state index in [0.29, 0.717) is 11.3 Å². The minimum atomic E-state index is -0.702. The van der Waals surface area contributed by atoms with Crippen LogP contribution in [0.2, 0.25) is 0 Å². The number of nitrogens with zero attached hydrogens (tertiary/aromatic N) is 1. The summed E-state index contributed by atoms with van der Waals surface area (Å²) < 4.78 is 5.20. The standard InChI is InChI=1S/C14H20N2O3/c1-9-11(7-6-8-15-9)12(17)16-10(2)13(18)19-14(3,4)5/h6-8,10H,1-5H3,(H,16,17)/t10-/m1/s1. The van der Waals surface area contributed by atoms with E-state index in [4.69, 9.17) is 4.74 Å². The third kappa shape index (κ3) is 4.69. The molecule has 0 saturated heterocycles. The van der Waals surface area contributed by atoms with Gasteiger partial charge in [0.1, 0.15) is 11.6 Å². The number of aromatic nitrogens is 1. The second-order valence-corrected chi connectivity index (χ2v) is 5.36. The molecule has 0 saturated carbocycles. The largest absolute Gasteiger partial charge is 0.458 e. The lowest BCUT2D eigenvalue weighted by Crippen LogP contribution is -2.42. The molecule has 1 atom stereocenters. The molecule has 5 nitrogen and oxygen atoms in total. The summed E-state index contributed by atoms with van der Waals surface area (Å²) in [6.07, 6.45) is 1.61. The number of aryl methyl sites for hydroxylation is 1. The quantitative estimate of drug-likeness (QED) is 0.846. The predicted octanol–water partition coefficient (Wildman–Crippen LogP) is 1.85. The Balaban J connectivity index is 2.67. The van der Waals surface area contributed by atoms with E-state index >= 15 is 0 Å². The summed E-state index contributed by atoms with van der Waals surface area (Å²) in [4.78, 5) is 27.8. The molecule has 1 aromatic heterocycles. The van der Waals surface area contributed by atoms with Gasteiger partial charge in [0, 0.05) is 11.9 Å². The number of hydrogen-bond donors (Lipinski definition) is 1. The van der Waals surface area contributed by atoms with Crippen LogP contribution in [0.4, 0.5) is 0 Å². The predicted molar refractivity (Wildman–Crippen MR) is 71.7 cm³/mol. The van der Waals surface area contributed by atoms with E-state index in [1.54, 1.807) is 52.9 Å². The SMILES string of the molecule is Cc1ncccc1C(=O)N[C@H](C)C(=O)OC(C)(C)C. The van der Waals surface area contributed by atoms with Crippen LogP contribution < -0.4 is 5.32 Å². The minimum Gasteiger partial charge on any atom is -0.458 e. The zero-order chi connectivity index (χ0) is 14.6. The lowest BCUT2D eigenvalue weighted by molar-refractivity contribution is -0.156. The highest BCUT2D eigenvalue weighted by Crippen LogP contribution is 2.09. The van der Waals surface area contributed by atoms with Crippen molar-refractivity contribution in [3.63, 3.8) is 0 Å². The monoisotopic (exact) mass is 264 g/mol. The number of nitrogens with one attached hydrogen (secondary N) is 1. The number of rotatable bonds is 3. The van der Waals surface area contributed by atoms with E-state index in [-0.39, 0.29) is 5.91 Å². The highest BCUT2D eigenvalue weighted by Gasteiger charge is 2.23. The lowest BCUT2D eigenvalue weighted by Gasteiger charge is -2.22. The van der Waals surface area contributed by atoms with Crippen molar-refractivity contribution in [2.75, 3.05) is 0 Å². The van der Waals surface area contributed by atoms with E-state index < -0.39 is 17.6 Å². The molecule has 0 aliphatic heterocycles. The van der Waals surface area contributed by atoms with Crippen LogP contribution in [0.5, 0.6) is 0 Å². The molecule has 104 valence electrons. The van der Waals surface area contributed by atoms with Crippen LogP contribution in [0, 0.1) is 6.92 Å². The van der Waals surface area contributed by atoms with Crippen molar-refractivity contribution in [3.8, 4) is 0 Å². The van der Waals surface area contributed by atoms with E-state index in [9.17, 15) is 9.59 Å². The molecule has 0 fully saturated rings. The van der Waals surface area contributed by atoms with Crippen molar-refractivity contribution in [3.05, 3.63) is 29.6 Å². The molecule has 0 aromatic carbocycles. The summed E-state index contributed by atoms with van der Waals surface area (Å²) in [6.45, 7) is 8.69. The maximum absolute atomic E-state index is 12.0. The van der Waals surface area contributed by atoms with Crippen molar-refractivity contribution in [2.24, 2.45) is 0 Å². The Morgan fingerprint density at radius 1 is 1.37 bits per heavy atom. The normalized spacial score (nSPS) is 12.7. The first-order valence-corrected chi connectivity index (χ1v) is 6.16. The molecule has 1 rings (SSSR count). The average molecular weight is 264 g/mol. The zero-order valence-electron chi connectivity index (χ0n) is 12.0. The summed E-state index contributed by atoms with van der Waals surface area (Å²) in [6, 6.07) is 2.64. The first-order valence-electron chi connectivity index (χ1n) is 6.16. The fourth-order valence-corrected chi connectivity index (χ4v) is 1.45. The van der Waals surface area contributed by atoms with E-state index in [2.05, 4.69) is 10.3 Å². The second-order valence-electron chi connectivity index (χ2n) is 5.36. The Hall–Kier alpha value is -1.91. The fraction of sp³-hybridized carbons (Fsp3) is 0.500. The van der Waals surface area contributed by atoms with Gasteiger partial charge in [-0.25, -0.2) is 4.79 Å². The fourth-order valence-electron chi connectivity index (χ4n) is 1.45. The molecule has 0 unspecified atom stereocenters. The maximum atomic E-state index is 12.0. The molecule has 0 radical (unpaired) electrons. The molecule has 0 aliphatic rings. The maximum Gasteiger partial charge on any atom is 0.328 e. The molecule has 1 aromatic rings. The van der Waals surface area contributed by atoms with Gasteiger partial charge in [-0.05, 0) is 46.8 Å². The molecular formula is C14H20N2O3. The van der Waals surface area contributed by atoms with Crippen LogP contribution >= 0.6 is 0 Å². The molecular weight excluding hydrogens is 244 g/mol. The van der Waals surface area contributed by atoms with Gasteiger partial charge in [-0.1, -0.05) is 0 Å². The molecule has 0 aliphatic carbocycles. The molecule has 1 amide bonds. The number of hydrogen-bond acceptors (Lipinski definition) is 4. The highest BCUT2D eigenvalue weighted by atomic mass is 16.6. The number of carbonyl (C=O) groups is 2. The van der Waals surface area contributed by atoms with Gasteiger partial charge in [0.05, 0.1) is 5.56 Å². The van der Waals surface area contributed by atoms with Crippen molar-refractivity contribution < 1.29 is 14.3 Å². The van der Waals surface area contributed by atoms with Gasteiger partial charge in [-0.3, -0.25) is 9.78 Å². The van der Waals surface area contributed by atoms with Crippen LogP contribution in [0.25, 0.3) is 0 Å². The Morgan fingerprint density at radius 2 is 2.00 bits per heavy atom. The zero-order valence-corrected chi connectivity index (χ0v) is 12.0. The van der Waals surface area contributed by atoms with Crippen LogP contribution in [0.3, 0.4) is 0 Å². The van der Waals surface area contributed by atoms with Crippen LogP contribution in [-0.2, 0) is 9.53 Å². The summed E-state index contributed by atoms with van der Waals surface area (Å²) >= 11 is 0. The number of pyridine rings is 1. The average Bonchev–Trinajstić information content (AvgIpc) is 2.27. The number of carbonyl (C=O) groups excluding carboxylic acids is 2. The van der Waals surface area contributed by atoms with E-state index in [1.807, 2.05) is 0 Å². The van der Waals surface area contributed by atoms with Crippen molar-refractivity contribution in [2.45, 2.75) is 46.3 Å². The lowest BCUT2D eigenvalue weighted by atomic mass is 10.1. The summed E-state index contributed by atoms with van der Waals surface area (Å²) in [7, 11) is 0. The third-order valence-electron chi connectivity index (χ3n) is 2.36. The molecule has 1 N–H and O–H groups in total. The van der Waals surface area contributed by atoms with Crippen molar-refractivity contribution >= 4 is 11.9 Å². The molecule has 1 heterocycles. The van der Waals surface area contributed by atoms with Gasteiger partial charge in [-0.15, -0.1) is 0 Å². The van der Waals surface area contributed by atoms with Crippen LogP contribution in [-0.4, -0.2) is 28.5 Å². The molecule has 5 heteroatoms. The summed E-state index contributed by atoms with van der Waals surface area (Å²) in [5.41, 5.74) is 0.509. The Morgan fingerprint density at radius 3 is 2.53 bits per heavy atom. The van der Waals surface area contributed by atoms with Gasteiger partial charge < -0.3 is 10.1 Å². The van der Waals surface area contributed by atoms with Crippen molar-refractivity contribution in [1.29, 1.82) is 0 Å². The molecule has 19 heavy (non-hydrogen) atoms. The topological polar surface area (TPSA) is 68.3 Å². The summed E-state index contributed by atoms with van der Waals surface area (Å²) in [5, 5.41) is 2.61. The highest BCUT2D eigenvalue weighted by molar-refractivity contribution is 5.97. The smallest absolute Gasteiger partial charge is 0.328 e. The summed E-state index contributed by atoms with van der Waals surface area (Å²) in [5.74, 6) is -0.786. The van der Waals surface area contributed by atoms with Crippen LogP contribution in [0.15, 0.2) is 18.3 Å². The second kappa shape index (κ2) is 5.82. The minimum absolute atomic E-state index is 0.330. The van der Waals surface area contributed by atoms with Gasteiger partial charge >= 0.3 is 5.97 Å². The van der Waals surface area contributed by atoms with E-state index in [0.717, 1.165) is 0 Å². The third-order valence-corrected chi connectivity index (χ3v) is 2.36. The van der Waals surface area contributed by atoms with Gasteiger partial charge in [0.15, 0.2) is 0 Å². The first-order chi connectivity index (χ1) is 8.70. The Kier molecular flexibility index (Phi) is 4.64. The van der Waals surface area contributed by atoms with Gasteiger partial charge in [0.2, 0.25) is 0 Å². The Labute approximate surface area is 113 Å². The molecule has 0 bridgehead atoms. The molecule has 0 spiro atoms. The van der Waals surface area contributed by atoms with Gasteiger partial charge in [0.25, 0.3) is 5.91 Å². The van der Waals surface area contributed by atoms with E-state index in [1.165, 1.54) is 0 Å². The number of amides is 1. The van der Waals surface area contributed by atoms with Gasteiger partial charge in [-0.2, -0.15) is 0 Å². The number of ether oxygens (including phenoxy) is 1. The Bertz CT molecular complexity index is 478. The number of esters is 1. The van der Waals surface area contributed by atoms with Crippen molar-refractivity contribution in [1.82, 2.24) is 10.3 Å². The first kappa shape index (κ1) is 15.1. The van der Waals surface area contributed by atoms with Crippen LogP contribution in [0.1, 0.15) is 43.7 Å².